The highest BCUT2D eigenvalue weighted by molar-refractivity contribution is 14.1. The average molecular weight is 323 g/mol. The van der Waals surface area contributed by atoms with Crippen LogP contribution in [0.2, 0.25) is 0 Å². The van der Waals surface area contributed by atoms with Crippen LogP contribution in [-0.4, -0.2) is 28.2 Å². The monoisotopic (exact) mass is 323 g/mol. The van der Waals surface area contributed by atoms with Crippen LogP contribution in [0.15, 0.2) is 11.1 Å². The third-order valence-corrected chi connectivity index (χ3v) is 2.92. The number of nitrogens with zero attached hydrogens (tertiary/aromatic N) is 1. The highest BCUT2D eigenvalue weighted by atomic mass is 127. The summed E-state index contributed by atoms with van der Waals surface area (Å²) in [5.74, 6) is 0.628. The van der Waals surface area contributed by atoms with E-state index >= 15 is 0 Å². The molecular weight excluding hydrogens is 309 g/mol. The lowest BCUT2D eigenvalue weighted by molar-refractivity contribution is 0.283. The predicted octanol–water partition coefficient (Wildman–Crippen LogP) is 0.949. The normalized spacial score (nSPS) is 10.3. The van der Waals surface area contributed by atoms with Crippen molar-refractivity contribution in [2.24, 2.45) is 0 Å². The van der Waals surface area contributed by atoms with Gasteiger partial charge in [-0.1, -0.05) is 0 Å². The van der Waals surface area contributed by atoms with Crippen molar-refractivity contribution in [2.45, 2.75) is 19.3 Å². The predicted molar refractivity (Wildman–Crippen MR) is 67.0 cm³/mol. The quantitative estimate of drug-likeness (QED) is 0.538. The Bertz CT molecular complexity index is 353. The van der Waals surface area contributed by atoms with Crippen LogP contribution >= 0.6 is 22.6 Å². The largest absolute Gasteiger partial charge is 0.396 e. The lowest BCUT2D eigenvalue weighted by Gasteiger charge is -2.05. The number of aromatic amines is 1. The van der Waals surface area contributed by atoms with E-state index in [0.717, 1.165) is 25.8 Å². The fourth-order valence-electron chi connectivity index (χ4n) is 1.13. The van der Waals surface area contributed by atoms with Crippen LogP contribution in [0.3, 0.4) is 0 Å². The fourth-order valence-corrected chi connectivity index (χ4v) is 1.61. The number of aromatic nitrogens is 2. The van der Waals surface area contributed by atoms with Gasteiger partial charge < -0.3 is 15.4 Å². The molecule has 1 aromatic rings. The average Bonchev–Trinajstić information content (AvgIpc) is 2.24. The van der Waals surface area contributed by atoms with E-state index in [4.69, 9.17) is 5.11 Å². The van der Waals surface area contributed by atoms with E-state index in [2.05, 4.69) is 15.3 Å². The smallest absolute Gasteiger partial charge is 0.266 e. The van der Waals surface area contributed by atoms with Crippen LogP contribution in [0.1, 0.15) is 19.3 Å². The maximum atomic E-state index is 11.2. The van der Waals surface area contributed by atoms with Gasteiger partial charge in [-0.05, 0) is 41.9 Å². The molecular formula is C9H14IN3O2. The van der Waals surface area contributed by atoms with Crippen molar-refractivity contribution < 1.29 is 5.11 Å². The van der Waals surface area contributed by atoms with E-state index < -0.39 is 0 Å². The number of aliphatic hydroxyl groups is 1. The Labute approximate surface area is 101 Å². The van der Waals surface area contributed by atoms with E-state index in [1.807, 2.05) is 22.6 Å². The van der Waals surface area contributed by atoms with E-state index in [1.165, 1.54) is 6.33 Å². The van der Waals surface area contributed by atoms with Crippen LogP contribution in [0.25, 0.3) is 0 Å². The Balaban J connectivity index is 2.38. The highest BCUT2D eigenvalue weighted by Gasteiger charge is 2.03. The van der Waals surface area contributed by atoms with Crippen LogP contribution in [-0.2, 0) is 0 Å². The van der Waals surface area contributed by atoms with Crippen molar-refractivity contribution >= 4 is 28.4 Å². The molecule has 0 aromatic carbocycles. The summed E-state index contributed by atoms with van der Waals surface area (Å²) in [7, 11) is 0. The third-order valence-electron chi connectivity index (χ3n) is 1.92. The van der Waals surface area contributed by atoms with Gasteiger partial charge in [-0.25, -0.2) is 4.98 Å². The summed E-state index contributed by atoms with van der Waals surface area (Å²) in [6.07, 6.45) is 4.15. The molecule has 1 aromatic heterocycles. The van der Waals surface area contributed by atoms with Crippen LogP contribution in [0.5, 0.6) is 0 Å². The van der Waals surface area contributed by atoms with Crippen molar-refractivity contribution in [3.63, 3.8) is 0 Å². The van der Waals surface area contributed by atoms with Gasteiger partial charge in [0.15, 0.2) is 0 Å². The second-order valence-electron chi connectivity index (χ2n) is 3.11. The molecule has 0 saturated carbocycles. The van der Waals surface area contributed by atoms with Crippen molar-refractivity contribution in [1.29, 1.82) is 0 Å². The summed E-state index contributed by atoms with van der Waals surface area (Å²) in [5, 5.41) is 11.7. The van der Waals surface area contributed by atoms with Crippen LogP contribution in [0.4, 0.5) is 5.82 Å². The maximum absolute atomic E-state index is 11.2. The molecule has 6 heteroatoms. The molecule has 0 aliphatic rings. The summed E-state index contributed by atoms with van der Waals surface area (Å²) >= 11 is 1.96. The molecule has 0 saturated heterocycles. The van der Waals surface area contributed by atoms with Gasteiger partial charge in [0.2, 0.25) is 0 Å². The minimum absolute atomic E-state index is 0.122. The molecule has 0 aliphatic heterocycles. The first-order valence-electron chi connectivity index (χ1n) is 4.83. The minimum Gasteiger partial charge on any atom is -0.396 e. The van der Waals surface area contributed by atoms with Gasteiger partial charge in [-0.15, -0.1) is 0 Å². The molecule has 0 atom stereocenters. The SMILES string of the molecule is O=c1[nH]cnc(NCCCCCO)c1I. The Hall–Kier alpha value is -0.630. The molecule has 0 fully saturated rings. The van der Waals surface area contributed by atoms with Crippen molar-refractivity contribution in [2.75, 3.05) is 18.5 Å². The lowest BCUT2D eigenvalue weighted by atomic mass is 10.2. The molecule has 15 heavy (non-hydrogen) atoms. The zero-order valence-electron chi connectivity index (χ0n) is 8.29. The number of halogens is 1. The third kappa shape index (κ3) is 4.17. The van der Waals surface area contributed by atoms with Crippen LogP contribution < -0.4 is 10.9 Å². The van der Waals surface area contributed by atoms with Crippen molar-refractivity contribution in [1.82, 2.24) is 9.97 Å². The van der Waals surface area contributed by atoms with Crippen molar-refractivity contribution in [3.05, 3.63) is 20.3 Å². The number of aliphatic hydroxyl groups excluding tert-OH is 1. The maximum Gasteiger partial charge on any atom is 0.266 e. The highest BCUT2D eigenvalue weighted by Crippen LogP contribution is 2.08. The number of rotatable bonds is 6. The van der Waals surface area contributed by atoms with Gasteiger partial charge in [-0.2, -0.15) is 0 Å². The van der Waals surface area contributed by atoms with Crippen molar-refractivity contribution in [3.8, 4) is 0 Å². The number of hydrogen-bond acceptors (Lipinski definition) is 4. The number of nitrogens with one attached hydrogen (secondary N) is 2. The van der Waals surface area contributed by atoms with Gasteiger partial charge in [-0.3, -0.25) is 4.79 Å². The second-order valence-corrected chi connectivity index (χ2v) is 4.18. The molecule has 0 radical (unpaired) electrons. The van der Waals surface area contributed by atoms with Gasteiger partial charge in [0.1, 0.15) is 9.39 Å². The molecule has 84 valence electrons. The van der Waals surface area contributed by atoms with E-state index in [9.17, 15) is 4.79 Å². The Kier molecular flexibility index (Phi) is 5.62. The molecule has 0 aliphatic carbocycles. The summed E-state index contributed by atoms with van der Waals surface area (Å²) in [5.41, 5.74) is -0.122. The topological polar surface area (TPSA) is 78.0 Å². The summed E-state index contributed by atoms with van der Waals surface area (Å²) < 4.78 is 0.581. The molecule has 5 nitrogen and oxygen atoms in total. The molecule has 1 rings (SSSR count). The zero-order chi connectivity index (χ0) is 11.1. The Morgan fingerprint density at radius 2 is 2.27 bits per heavy atom. The Morgan fingerprint density at radius 1 is 1.47 bits per heavy atom. The van der Waals surface area contributed by atoms with E-state index in [1.54, 1.807) is 0 Å². The van der Waals surface area contributed by atoms with E-state index in [0.29, 0.717) is 9.39 Å². The zero-order valence-corrected chi connectivity index (χ0v) is 10.5. The van der Waals surface area contributed by atoms with Gasteiger partial charge in [0, 0.05) is 13.2 Å². The molecule has 0 spiro atoms. The standard InChI is InChI=1S/C9H14IN3O2/c10-7-8(12-6-13-9(7)15)11-4-2-1-3-5-14/h6,14H,1-5H2,(H2,11,12,13,15). The lowest BCUT2D eigenvalue weighted by Crippen LogP contribution is -2.15. The van der Waals surface area contributed by atoms with Gasteiger partial charge in [0.05, 0.1) is 6.33 Å². The summed E-state index contributed by atoms with van der Waals surface area (Å²) in [4.78, 5) is 17.7. The molecule has 1 heterocycles. The second kappa shape index (κ2) is 6.78. The molecule has 0 amide bonds. The first-order valence-corrected chi connectivity index (χ1v) is 5.91. The first kappa shape index (κ1) is 12.4. The van der Waals surface area contributed by atoms with Gasteiger partial charge >= 0.3 is 0 Å². The minimum atomic E-state index is -0.122. The molecule has 3 N–H and O–H groups in total. The Morgan fingerprint density at radius 3 is 3.00 bits per heavy atom. The number of unbranched alkanes of at least 4 members (excludes halogenated alkanes) is 2. The summed E-state index contributed by atoms with van der Waals surface area (Å²) in [6.45, 7) is 1.01. The van der Waals surface area contributed by atoms with E-state index in [-0.39, 0.29) is 12.2 Å². The fraction of sp³-hybridized carbons (Fsp3) is 0.556. The molecule has 0 bridgehead atoms. The number of anilines is 1. The van der Waals surface area contributed by atoms with Gasteiger partial charge in [0.25, 0.3) is 5.56 Å². The molecule has 0 unspecified atom stereocenters. The summed E-state index contributed by atoms with van der Waals surface area (Å²) in [6, 6.07) is 0. The van der Waals surface area contributed by atoms with Crippen LogP contribution in [0, 0.1) is 3.57 Å². The first-order chi connectivity index (χ1) is 7.25. The number of hydrogen-bond donors (Lipinski definition) is 3. The number of H-pyrrole nitrogens is 1.